The van der Waals surface area contributed by atoms with Gasteiger partial charge in [-0.05, 0) is 23.8 Å². The lowest BCUT2D eigenvalue weighted by atomic mass is 10.2. The maximum Gasteiger partial charge on any atom is 0.330 e. The molecule has 0 saturated carbocycles. The van der Waals surface area contributed by atoms with Crippen molar-refractivity contribution in [3.05, 3.63) is 35.9 Å². The van der Waals surface area contributed by atoms with E-state index in [1.807, 2.05) is 6.07 Å². The van der Waals surface area contributed by atoms with Gasteiger partial charge in [0.1, 0.15) is 5.75 Å². The maximum atomic E-state index is 10.8. The van der Waals surface area contributed by atoms with Crippen LogP contribution in [0.1, 0.15) is 5.56 Å². The predicted molar refractivity (Wildman–Crippen MR) is 55.2 cm³/mol. The first-order chi connectivity index (χ1) is 7.26. The van der Waals surface area contributed by atoms with E-state index in [0.717, 1.165) is 5.56 Å². The average Bonchev–Trinajstić information content (AvgIpc) is 2.27. The molecule has 15 heavy (non-hydrogen) atoms. The Bertz CT molecular complexity index is 357. The summed E-state index contributed by atoms with van der Waals surface area (Å²) in [4.78, 5) is 10.8. The molecule has 1 N–H and O–H groups in total. The lowest BCUT2D eigenvalue weighted by Gasteiger charge is -2.02. The van der Waals surface area contributed by atoms with Crippen molar-refractivity contribution in [1.29, 1.82) is 0 Å². The Kier molecular flexibility index (Phi) is 4.37. The summed E-state index contributed by atoms with van der Waals surface area (Å²) in [5.41, 5.74) is 0.798. The van der Waals surface area contributed by atoms with Gasteiger partial charge < -0.3 is 14.6 Å². The molecule has 0 heterocycles. The Morgan fingerprint density at radius 2 is 2.33 bits per heavy atom. The molecular formula is C11H12O4. The predicted octanol–water partition coefficient (Wildman–Crippen LogP) is 1.20. The Morgan fingerprint density at radius 3 is 3.00 bits per heavy atom. The molecule has 0 fully saturated rings. The third kappa shape index (κ3) is 3.83. The highest BCUT2D eigenvalue weighted by Gasteiger charge is 1.95. The Morgan fingerprint density at radius 1 is 1.53 bits per heavy atom. The van der Waals surface area contributed by atoms with Gasteiger partial charge >= 0.3 is 5.97 Å². The zero-order chi connectivity index (χ0) is 11.1. The van der Waals surface area contributed by atoms with Gasteiger partial charge in [-0.2, -0.15) is 0 Å². The van der Waals surface area contributed by atoms with Gasteiger partial charge in [0.25, 0.3) is 0 Å². The Hall–Kier alpha value is -1.81. The number of aliphatic hydroxyl groups is 1. The molecule has 0 unspecified atom stereocenters. The molecule has 0 atom stereocenters. The first kappa shape index (κ1) is 11.3. The van der Waals surface area contributed by atoms with E-state index in [4.69, 9.17) is 9.84 Å². The van der Waals surface area contributed by atoms with Gasteiger partial charge in [0.15, 0.2) is 6.79 Å². The van der Waals surface area contributed by atoms with Crippen LogP contribution in [-0.2, 0) is 9.53 Å². The molecule has 0 aliphatic rings. The third-order valence-electron chi connectivity index (χ3n) is 1.70. The van der Waals surface area contributed by atoms with Crippen LogP contribution in [0.25, 0.3) is 6.08 Å². The molecule has 4 nitrogen and oxygen atoms in total. The Labute approximate surface area is 87.7 Å². The molecule has 0 aliphatic heterocycles. The number of rotatable bonds is 4. The fourth-order valence-corrected chi connectivity index (χ4v) is 1.01. The summed E-state index contributed by atoms with van der Waals surface area (Å²) in [6, 6.07) is 6.99. The molecule has 0 radical (unpaired) electrons. The third-order valence-corrected chi connectivity index (χ3v) is 1.70. The number of ether oxygens (including phenoxy) is 2. The number of esters is 1. The van der Waals surface area contributed by atoms with Crippen LogP contribution in [0.5, 0.6) is 5.75 Å². The van der Waals surface area contributed by atoms with Crippen LogP contribution in [0, 0.1) is 0 Å². The molecule has 1 aromatic rings. The minimum Gasteiger partial charge on any atom is -0.468 e. The van der Waals surface area contributed by atoms with E-state index in [9.17, 15) is 4.79 Å². The van der Waals surface area contributed by atoms with E-state index >= 15 is 0 Å². The number of benzene rings is 1. The van der Waals surface area contributed by atoms with Crippen LogP contribution >= 0.6 is 0 Å². The van der Waals surface area contributed by atoms with Gasteiger partial charge in [0, 0.05) is 6.08 Å². The van der Waals surface area contributed by atoms with Gasteiger partial charge in [0.2, 0.25) is 0 Å². The normalized spacial score (nSPS) is 10.3. The summed E-state index contributed by atoms with van der Waals surface area (Å²) in [5, 5.41) is 8.55. The van der Waals surface area contributed by atoms with E-state index in [1.165, 1.54) is 13.2 Å². The van der Waals surface area contributed by atoms with Crippen molar-refractivity contribution in [3.63, 3.8) is 0 Å². The van der Waals surface area contributed by atoms with Crippen LogP contribution in [0.3, 0.4) is 0 Å². The quantitative estimate of drug-likeness (QED) is 0.459. The van der Waals surface area contributed by atoms with Crippen LogP contribution in [0.2, 0.25) is 0 Å². The van der Waals surface area contributed by atoms with Crippen molar-refractivity contribution in [2.24, 2.45) is 0 Å². The summed E-state index contributed by atoms with van der Waals surface area (Å²) in [6.45, 7) is -0.371. The van der Waals surface area contributed by atoms with Crippen LogP contribution < -0.4 is 4.74 Å². The molecule has 1 rings (SSSR count). The number of carbonyl (C=O) groups is 1. The SMILES string of the molecule is COC(=O)/C=C/c1cccc(OCO)c1. The minimum absolute atomic E-state index is 0.371. The molecule has 80 valence electrons. The van der Waals surface area contributed by atoms with Gasteiger partial charge in [0.05, 0.1) is 7.11 Å². The fourth-order valence-electron chi connectivity index (χ4n) is 1.01. The molecule has 0 saturated heterocycles. The number of hydrogen-bond acceptors (Lipinski definition) is 4. The molecule has 4 heteroatoms. The van der Waals surface area contributed by atoms with E-state index in [2.05, 4.69) is 4.74 Å². The van der Waals surface area contributed by atoms with Crippen LogP contribution in [-0.4, -0.2) is 25.0 Å². The highest BCUT2D eigenvalue weighted by molar-refractivity contribution is 5.86. The second kappa shape index (κ2) is 5.82. The topological polar surface area (TPSA) is 55.8 Å². The van der Waals surface area contributed by atoms with Crippen molar-refractivity contribution < 1.29 is 19.4 Å². The van der Waals surface area contributed by atoms with Gasteiger partial charge in [-0.25, -0.2) is 4.79 Å². The summed E-state index contributed by atoms with van der Waals surface area (Å²) in [5.74, 6) is 0.132. The van der Waals surface area contributed by atoms with E-state index in [1.54, 1.807) is 24.3 Å². The number of carbonyl (C=O) groups excluding carboxylic acids is 1. The second-order valence-electron chi connectivity index (χ2n) is 2.70. The van der Waals surface area contributed by atoms with Crippen LogP contribution in [0.4, 0.5) is 0 Å². The van der Waals surface area contributed by atoms with E-state index in [0.29, 0.717) is 5.75 Å². The highest BCUT2D eigenvalue weighted by Crippen LogP contribution is 2.14. The van der Waals surface area contributed by atoms with Crippen molar-refractivity contribution >= 4 is 12.0 Å². The van der Waals surface area contributed by atoms with Crippen molar-refractivity contribution in [1.82, 2.24) is 0 Å². The first-order valence-corrected chi connectivity index (χ1v) is 4.36. The lowest BCUT2D eigenvalue weighted by Crippen LogP contribution is -1.95. The molecular weight excluding hydrogens is 196 g/mol. The smallest absolute Gasteiger partial charge is 0.330 e. The van der Waals surface area contributed by atoms with Gasteiger partial charge in [-0.3, -0.25) is 0 Å². The van der Waals surface area contributed by atoms with Crippen molar-refractivity contribution in [2.45, 2.75) is 0 Å². The fraction of sp³-hybridized carbons (Fsp3) is 0.182. The van der Waals surface area contributed by atoms with Crippen molar-refractivity contribution in [3.8, 4) is 5.75 Å². The maximum absolute atomic E-state index is 10.8. The molecule has 0 amide bonds. The van der Waals surface area contributed by atoms with Gasteiger partial charge in [-0.15, -0.1) is 0 Å². The number of aliphatic hydroxyl groups excluding tert-OH is 1. The zero-order valence-corrected chi connectivity index (χ0v) is 8.34. The largest absolute Gasteiger partial charge is 0.468 e. The summed E-state index contributed by atoms with van der Waals surface area (Å²) < 4.78 is 9.34. The van der Waals surface area contributed by atoms with Crippen LogP contribution in [0.15, 0.2) is 30.3 Å². The minimum atomic E-state index is -0.413. The first-order valence-electron chi connectivity index (χ1n) is 4.36. The zero-order valence-electron chi connectivity index (χ0n) is 8.34. The van der Waals surface area contributed by atoms with E-state index < -0.39 is 5.97 Å². The second-order valence-corrected chi connectivity index (χ2v) is 2.70. The number of hydrogen-bond donors (Lipinski definition) is 1. The van der Waals surface area contributed by atoms with Gasteiger partial charge in [-0.1, -0.05) is 12.1 Å². The molecule has 1 aromatic carbocycles. The summed E-state index contributed by atoms with van der Waals surface area (Å²) in [6.07, 6.45) is 2.92. The van der Waals surface area contributed by atoms with E-state index in [-0.39, 0.29) is 6.79 Å². The molecule has 0 aliphatic carbocycles. The number of methoxy groups -OCH3 is 1. The monoisotopic (exact) mass is 208 g/mol. The molecule has 0 aromatic heterocycles. The molecule has 0 spiro atoms. The average molecular weight is 208 g/mol. The highest BCUT2D eigenvalue weighted by atomic mass is 16.6. The van der Waals surface area contributed by atoms with Crippen molar-refractivity contribution in [2.75, 3.05) is 13.9 Å². The molecule has 0 bridgehead atoms. The Balaban J connectivity index is 2.73. The standard InChI is InChI=1S/C11H12O4/c1-14-11(13)6-5-9-3-2-4-10(7-9)15-8-12/h2-7,12H,8H2,1H3/b6-5+. The lowest BCUT2D eigenvalue weighted by molar-refractivity contribution is -0.134. The summed E-state index contributed by atoms with van der Waals surface area (Å²) in [7, 11) is 1.32. The summed E-state index contributed by atoms with van der Waals surface area (Å²) >= 11 is 0.